The molecule has 188 valence electrons. The van der Waals surface area contributed by atoms with E-state index in [1.165, 1.54) is 0 Å². The Morgan fingerprint density at radius 1 is 1.11 bits per heavy atom. The second-order valence-electron chi connectivity index (χ2n) is 10.3. The molecular formula is C29H34N4O3. The molecule has 7 heteroatoms. The molecule has 0 unspecified atom stereocenters. The fourth-order valence-electron chi connectivity index (χ4n) is 5.62. The van der Waals surface area contributed by atoms with Crippen molar-refractivity contribution in [1.82, 2.24) is 20.5 Å². The summed E-state index contributed by atoms with van der Waals surface area (Å²) in [5, 5.41) is 7.05. The quantitative estimate of drug-likeness (QED) is 0.419. The molecule has 0 aliphatic carbocycles. The molecule has 5 rings (SSSR count). The fourth-order valence-corrected chi connectivity index (χ4v) is 5.62. The summed E-state index contributed by atoms with van der Waals surface area (Å²) in [5.41, 5.74) is 4.55. The van der Waals surface area contributed by atoms with Gasteiger partial charge in [0.15, 0.2) is 0 Å². The van der Waals surface area contributed by atoms with Crippen molar-refractivity contribution in [3.63, 3.8) is 0 Å². The predicted octanol–water partition coefficient (Wildman–Crippen LogP) is 4.09. The van der Waals surface area contributed by atoms with Gasteiger partial charge in [0.1, 0.15) is 12.1 Å². The molecular weight excluding hydrogens is 452 g/mol. The normalized spacial score (nSPS) is 19.1. The van der Waals surface area contributed by atoms with Gasteiger partial charge in [0.2, 0.25) is 11.8 Å². The smallest absolute Gasteiger partial charge is 0.255 e. The number of amides is 3. The molecule has 0 radical (unpaired) electrons. The lowest BCUT2D eigenvalue weighted by molar-refractivity contribution is -0.132. The topological polar surface area (TPSA) is 94.3 Å². The Hall–Kier alpha value is -3.61. The van der Waals surface area contributed by atoms with Crippen molar-refractivity contribution >= 4 is 28.6 Å². The Morgan fingerprint density at radius 3 is 2.64 bits per heavy atom. The van der Waals surface area contributed by atoms with Crippen LogP contribution in [-0.2, 0) is 16.0 Å². The molecule has 2 aromatic carbocycles. The third-order valence-corrected chi connectivity index (χ3v) is 7.32. The summed E-state index contributed by atoms with van der Waals surface area (Å²) in [7, 11) is 0. The van der Waals surface area contributed by atoms with Crippen LogP contribution in [0, 0.1) is 5.92 Å². The van der Waals surface area contributed by atoms with Gasteiger partial charge in [-0.2, -0.15) is 0 Å². The van der Waals surface area contributed by atoms with Gasteiger partial charge >= 0.3 is 0 Å². The van der Waals surface area contributed by atoms with E-state index in [4.69, 9.17) is 0 Å². The van der Waals surface area contributed by atoms with E-state index < -0.39 is 12.1 Å². The molecule has 36 heavy (non-hydrogen) atoms. The van der Waals surface area contributed by atoms with Crippen LogP contribution in [0.2, 0.25) is 0 Å². The zero-order valence-electron chi connectivity index (χ0n) is 21.1. The minimum atomic E-state index is -0.709. The molecule has 3 amide bonds. The van der Waals surface area contributed by atoms with Crippen LogP contribution in [0.25, 0.3) is 10.9 Å². The maximum Gasteiger partial charge on any atom is 0.255 e. The molecule has 3 heterocycles. The third kappa shape index (κ3) is 4.16. The number of unbranched alkanes of at least 4 members (excludes halogenated alkanes) is 1. The second-order valence-corrected chi connectivity index (χ2v) is 10.3. The van der Waals surface area contributed by atoms with Crippen LogP contribution in [-0.4, -0.2) is 46.2 Å². The number of nitrogens with one attached hydrogen (secondary N) is 3. The molecule has 0 saturated carbocycles. The first kappa shape index (κ1) is 24.1. The summed E-state index contributed by atoms with van der Waals surface area (Å²) < 4.78 is 0. The van der Waals surface area contributed by atoms with Gasteiger partial charge in [0.05, 0.1) is 6.04 Å². The monoisotopic (exact) mass is 486 g/mol. The maximum absolute atomic E-state index is 13.8. The van der Waals surface area contributed by atoms with E-state index in [-0.39, 0.29) is 29.7 Å². The minimum Gasteiger partial charge on any atom is -0.356 e. The van der Waals surface area contributed by atoms with Gasteiger partial charge in [-0.3, -0.25) is 14.4 Å². The molecule has 0 bridgehead atoms. The highest BCUT2D eigenvalue weighted by Gasteiger charge is 2.49. The molecule has 2 aliphatic heterocycles. The highest BCUT2D eigenvalue weighted by atomic mass is 16.2. The third-order valence-electron chi connectivity index (χ3n) is 7.32. The number of hydrogen-bond acceptors (Lipinski definition) is 3. The van der Waals surface area contributed by atoms with Crippen molar-refractivity contribution in [2.24, 2.45) is 5.92 Å². The first-order valence-corrected chi connectivity index (χ1v) is 13.0. The largest absolute Gasteiger partial charge is 0.356 e. The lowest BCUT2D eigenvalue weighted by Crippen LogP contribution is -2.56. The minimum absolute atomic E-state index is 0.145. The molecule has 0 fully saturated rings. The number of nitrogens with zero attached hydrogens (tertiary/aromatic N) is 1. The number of aromatic amines is 1. The predicted molar refractivity (Wildman–Crippen MR) is 140 cm³/mol. The first-order chi connectivity index (χ1) is 17.4. The Bertz CT molecular complexity index is 1310. The van der Waals surface area contributed by atoms with Crippen LogP contribution >= 0.6 is 0 Å². The van der Waals surface area contributed by atoms with Crippen molar-refractivity contribution in [2.75, 3.05) is 6.54 Å². The number of aromatic nitrogens is 1. The Balaban J connectivity index is 1.50. The van der Waals surface area contributed by atoms with E-state index >= 15 is 0 Å². The van der Waals surface area contributed by atoms with E-state index in [0.29, 0.717) is 24.9 Å². The zero-order chi connectivity index (χ0) is 25.4. The Labute approximate surface area is 211 Å². The molecule has 0 saturated heterocycles. The number of carbonyl (C=O) groups is 3. The van der Waals surface area contributed by atoms with Crippen molar-refractivity contribution in [1.29, 1.82) is 0 Å². The van der Waals surface area contributed by atoms with Crippen molar-refractivity contribution in [2.45, 2.75) is 64.6 Å². The number of hydrogen-bond donors (Lipinski definition) is 3. The summed E-state index contributed by atoms with van der Waals surface area (Å²) in [6.45, 7) is 6.73. The average molecular weight is 487 g/mol. The fraction of sp³-hybridized carbons (Fsp3) is 0.414. The molecule has 2 aliphatic rings. The molecule has 1 aromatic heterocycles. The molecule has 3 N–H and O–H groups in total. The Kier molecular flexibility index (Phi) is 6.56. The van der Waals surface area contributed by atoms with Gasteiger partial charge in [0, 0.05) is 35.1 Å². The van der Waals surface area contributed by atoms with Crippen LogP contribution in [0.1, 0.15) is 73.3 Å². The first-order valence-electron chi connectivity index (χ1n) is 13.0. The number of carbonyl (C=O) groups excluding carboxylic acids is 3. The van der Waals surface area contributed by atoms with Crippen LogP contribution < -0.4 is 10.6 Å². The highest BCUT2D eigenvalue weighted by molar-refractivity contribution is 6.04. The molecule has 3 aromatic rings. The van der Waals surface area contributed by atoms with E-state index in [1.807, 2.05) is 56.3 Å². The number of H-pyrrole nitrogens is 1. The van der Waals surface area contributed by atoms with Gasteiger partial charge in [0.25, 0.3) is 5.91 Å². The molecule has 7 nitrogen and oxygen atoms in total. The van der Waals surface area contributed by atoms with E-state index in [1.54, 1.807) is 4.90 Å². The summed E-state index contributed by atoms with van der Waals surface area (Å²) >= 11 is 0. The van der Waals surface area contributed by atoms with Gasteiger partial charge in [-0.15, -0.1) is 0 Å². The van der Waals surface area contributed by atoms with Crippen molar-refractivity contribution in [3.05, 3.63) is 70.9 Å². The average Bonchev–Trinajstić information content (AvgIpc) is 3.38. The lowest BCUT2D eigenvalue weighted by atomic mass is 9.89. The van der Waals surface area contributed by atoms with Crippen LogP contribution in [0.15, 0.2) is 48.5 Å². The zero-order valence-corrected chi connectivity index (χ0v) is 21.1. The van der Waals surface area contributed by atoms with E-state index in [0.717, 1.165) is 40.6 Å². The van der Waals surface area contributed by atoms with Crippen LogP contribution in [0.5, 0.6) is 0 Å². The molecule has 3 atom stereocenters. The van der Waals surface area contributed by atoms with Crippen LogP contribution in [0.3, 0.4) is 0 Å². The van der Waals surface area contributed by atoms with E-state index in [2.05, 4.69) is 28.6 Å². The lowest BCUT2D eigenvalue weighted by Gasteiger charge is -2.37. The van der Waals surface area contributed by atoms with Gasteiger partial charge < -0.3 is 20.5 Å². The van der Waals surface area contributed by atoms with Gasteiger partial charge in [-0.1, -0.05) is 63.6 Å². The standard InChI is InChI=1S/C29H34N4O3/c1-4-5-14-30-27(34)23(15-17(2)3)32-28(35)24-16-21-18-10-8-9-13-22(18)31-25(21)26-19-11-6-7-12-20(19)29(36)33(24)26/h6-13,17,23-24,26,31H,4-5,14-16H2,1-3H3,(H,30,34)(H,32,35)/t23-,24-,26+/m0/s1. The van der Waals surface area contributed by atoms with Crippen LogP contribution in [0.4, 0.5) is 0 Å². The van der Waals surface area contributed by atoms with Crippen molar-refractivity contribution < 1.29 is 14.4 Å². The Morgan fingerprint density at radius 2 is 1.86 bits per heavy atom. The summed E-state index contributed by atoms with van der Waals surface area (Å²) in [6.07, 6.45) is 2.80. The second kappa shape index (κ2) is 9.80. The number of benzene rings is 2. The highest BCUT2D eigenvalue weighted by Crippen LogP contribution is 2.46. The van der Waals surface area contributed by atoms with Gasteiger partial charge in [-0.25, -0.2) is 0 Å². The van der Waals surface area contributed by atoms with E-state index in [9.17, 15) is 14.4 Å². The van der Waals surface area contributed by atoms with Gasteiger partial charge in [-0.05, 0) is 42.0 Å². The summed E-state index contributed by atoms with van der Waals surface area (Å²) in [4.78, 5) is 45.6. The maximum atomic E-state index is 13.8. The summed E-state index contributed by atoms with van der Waals surface area (Å²) in [6, 6.07) is 13.9. The number of para-hydroxylation sites is 1. The number of rotatable bonds is 8. The number of fused-ring (bicyclic) bond motifs is 7. The SMILES string of the molecule is CCCCNC(=O)[C@H](CC(C)C)NC(=O)[C@@H]1Cc2c([nH]c3ccccc23)[C@H]2c3ccccc3C(=O)N21. The summed E-state index contributed by atoms with van der Waals surface area (Å²) in [5.74, 6) is -0.368. The molecule has 0 spiro atoms. The van der Waals surface area contributed by atoms with Crippen molar-refractivity contribution in [3.8, 4) is 0 Å².